The quantitative estimate of drug-likeness (QED) is 0.525. The van der Waals surface area contributed by atoms with E-state index in [2.05, 4.69) is 26.8 Å². The molecule has 0 aromatic carbocycles. The number of methoxy groups -OCH3 is 1. The summed E-state index contributed by atoms with van der Waals surface area (Å²) in [7, 11) is 1.77. The predicted octanol–water partition coefficient (Wildman–Crippen LogP) is 4.78. The van der Waals surface area contributed by atoms with Crippen molar-refractivity contribution in [1.29, 1.82) is 0 Å². The van der Waals surface area contributed by atoms with Gasteiger partial charge in [-0.3, -0.25) is 4.79 Å². The molecule has 0 aliphatic rings. The summed E-state index contributed by atoms with van der Waals surface area (Å²) in [5.74, 6) is 0.760. The average molecular weight is 327 g/mol. The van der Waals surface area contributed by atoms with E-state index >= 15 is 0 Å². The largest absolute Gasteiger partial charge is 0.392 e. The molecule has 0 aromatic rings. The van der Waals surface area contributed by atoms with Crippen LogP contribution in [-0.2, 0) is 9.53 Å². The van der Waals surface area contributed by atoms with Crippen molar-refractivity contribution in [2.24, 2.45) is 17.8 Å². The number of aliphatic hydroxyl groups is 1. The molecule has 1 N–H and O–H groups in total. The van der Waals surface area contributed by atoms with Crippen LogP contribution in [-0.4, -0.2) is 30.2 Å². The maximum absolute atomic E-state index is 12.4. The smallest absolute Gasteiger partial charge is 0.142 e. The number of hydrogen-bond acceptors (Lipinski definition) is 3. The molecule has 0 aliphatic carbocycles. The second-order valence-corrected chi connectivity index (χ2v) is 7.32. The van der Waals surface area contributed by atoms with Gasteiger partial charge in [0, 0.05) is 19.4 Å². The van der Waals surface area contributed by atoms with Gasteiger partial charge in [-0.25, -0.2) is 0 Å². The van der Waals surface area contributed by atoms with Gasteiger partial charge in [0.15, 0.2) is 0 Å². The fourth-order valence-corrected chi connectivity index (χ4v) is 2.95. The standard InChI is InChI=1S/C20H38O3/c1-8-17(20(22)13-19(21)14(3)4)11-15(5)10-16(6)12-18(9-2)23-7/h11,14,16-19,21H,8-10,12-13H2,1-7H3/b15-11+/t16-,17+,18+,19-/m0/s1. The minimum atomic E-state index is -0.531. The molecular weight excluding hydrogens is 288 g/mol. The highest BCUT2D eigenvalue weighted by Gasteiger charge is 2.20. The Morgan fingerprint density at radius 3 is 2.17 bits per heavy atom. The van der Waals surface area contributed by atoms with E-state index in [0.717, 1.165) is 25.7 Å². The maximum Gasteiger partial charge on any atom is 0.142 e. The zero-order chi connectivity index (χ0) is 18.0. The highest BCUT2D eigenvalue weighted by molar-refractivity contribution is 5.83. The normalized spacial score (nSPS) is 17.9. The zero-order valence-corrected chi connectivity index (χ0v) is 16.3. The van der Waals surface area contributed by atoms with Crippen LogP contribution in [0.3, 0.4) is 0 Å². The molecule has 3 nitrogen and oxygen atoms in total. The molecule has 0 amide bonds. The molecule has 23 heavy (non-hydrogen) atoms. The van der Waals surface area contributed by atoms with E-state index in [1.807, 2.05) is 20.8 Å². The predicted molar refractivity (Wildman–Crippen MR) is 97.5 cm³/mol. The maximum atomic E-state index is 12.4. The molecule has 136 valence electrons. The first-order valence-corrected chi connectivity index (χ1v) is 9.15. The number of carbonyl (C=O) groups excluding carboxylic acids is 1. The van der Waals surface area contributed by atoms with Gasteiger partial charge >= 0.3 is 0 Å². The SMILES string of the molecule is CC[C@H](C[C@@H](C)C/C(C)=C/[C@@H](CC)C(=O)C[C@H](O)C(C)C)OC. The number of aliphatic hydroxyl groups excluding tert-OH is 1. The van der Waals surface area contributed by atoms with Gasteiger partial charge in [-0.15, -0.1) is 0 Å². The molecule has 0 radical (unpaired) electrons. The Morgan fingerprint density at radius 2 is 1.74 bits per heavy atom. The molecule has 0 saturated carbocycles. The first kappa shape index (κ1) is 22.3. The summed E-state index contributed by atoms with van der Waals surface area (Å²) in [6.45, 7) is 12.4. The summed E-state index contributed by atoms with van der Waals surface area (Å²) in [6, 6.07) is 0. The number of ether oxygens (including phenoxy) is 1. The van der Waals surface area contributed by atoms with Gasteiger partial charge in [0.25, 0.3) is 0 Å². The third-order valence-corrected chi connectivity index (χ3v) is 4.64. The van der Waals surface area contributed by atoms with Crippen LogP contribution >= 0.6 is 0 Å². The van der Waals surface area contributed by atoms with Crippen LogP contribution in [0.15, 0.2) is 11.6 Å². The van der Waals surface area contributed by atoms with Crippen LogP contribution in [0, 0.1) is 17.8 Å². The Morgan fingerprint density at radius 1 is 1.13 bits per heavy atom. The second kappa shape index (κ2) is 11.8. The monoisotopic (exact) mass is 326 g/mol. The van der Waals surface area contributed by atoms with Gasteiger partial charge < -0.3 is 9.84 Å². The molecule has 0 saturated heterocycles. The molecule has 0 rings (SSSR count). The average Bonchev–Trinajstić information content (AvgIpc) is 2.49. The first-order valence-electron chi connectivity index (χ1n) is 9.15. The summed E-state index contributed by atoms with van der Waals surface area (Å²) in [5, 5.41) is 9.92. The van der Waals surface area contributed by atoms with Crippen molar-refractivity contribution in [3.63, 3.8) is 0 Å². The molecule has 0 aliphatic heterocycles. The Hall–Kier alpha value is -0.670. The third-order valence-electron chi connectivity index (χ3n) is 4.64. The minimum Gasteiger partial charge on any atom is -0.392 e. The summed E-state index contributed by atoms with van der Waals surface area (Å²) < 4.78 is 5.46. The molecule has 0 spiro atoms. The van der Waals surface area contributed by atoms with Gasteiger partial charge in [0.05, 0.1) is 12.2 Å². The van der Waals surface area contributed by atoms with Crippen molar-refractivity contribution in [3.05, 3.63) is 11.6 Å². The molecule has 0 bridgehead atoms. The number of hydrogen-bond donors (Lipinski definition) is 1. The number of allylic oxidation sites excluding steroid dienone is 2. The van der Waals surface area contributed by atoms with Gasteiger partial charge in [-0.1, -0.05) is 46.3 Å². The lowest BCUT2D eigenvalue weighted by Crippen LogP contribution is -2.23. The van der Waals surface area contributed by atoms with Crippen molar-refractivity contribution >= 4 is 5.78 Å². The van der Waals surface area contributed by atoms with Crippen LogP contribution in [0.4, 0.5) is 0 Å². The number of ketones is 1. The molecule has 4 atom stereocenters. The van der Waals surface area contributed by atoms with Gasteiger partial charge in [0.1, 0.15) is 5.78 Å². The Kier molecular flexibility index (Phi) is 11.5. The van der Waals surface area contributed by atoms with Crippen LogP contribution in [0.25, 0.3) is 0 Å². The molecule has 0 fully saturated rings. The molecule has 0 heterocycles. The Labute approximate surface area is 143 Å². The minimum absolute atomic E-state index is 0.0694. The molecule has 3 heteroatoms. The Balaban J connectivity index is 4.62. The van der Waals surface area contributed by atoms with Gasteiger partial charge in [-0.2, -0.15) is 0 Å². The summed E-state index contributed by atoms with van der Waals surface area (Å²) in [6.07, 6.45) is 6.04. The highest BCUT2D eigenvalue weighted by Crippen LogP contribution is 2.22. The van der Waals surface area contributed by atoms with Gasteiger partial charge in [0.2, 0.25) is 0 Å². The van der Waals surface area contributed by atoms with E-state index in [-0.39, 0.29) is 24.0 Å². The molecular formula is C20H38O3. The lowest BCUT2D eigenvalue weighted by molar-refractivity contribution is -0.124. The van der Waals surface area contributed by atoms with Crippen molar-refractivity contribution in [2.75, 3.05) is 7.11 Å². The van der Waals surface area contributed by atoms with Crippen LogP contribution in [0.2, 0.25) is 0 Å². The summed E-state index contributed by atoms with van der Waals surface area (Å²) >= 11 is 0. The lowest BCUT2D eigenvalue weighted by atomic mass is 9.89. The second-order valence-electron chi connectivity index (χ2n) is 7.32. The van der Waals surface area contributed by atoms with E-state index in [0.29, 0.717) is 12.0 Å². The highest BCUT2D eigenvalue weighted by atomic mass is 16.5. The molecule has 0 aromatic heterocycles. The number of carbonyl (C=O) groups is 1. The fraction of sp³-hybridized carbons (Fsp3) is 0.850. The lowest BCUT2D eigenvalue weighted by Gasteiger charge is -2.20. The van der Waals surface area contributed by atoms with Gasteiger partial charge in [-0.05, 0) is 44.4 Å². The summed E-state index contributed by atoms with van der Waals surface area (Å²) in [5.41, 5.74) is 1.27. The topological polar surface area (TPSA) is 46.5 Å². The Bertz CT molecular complexity index is 356. The number of rotatable bonds is 12. The fourth-order valence-electron chi connectivity index (χ4n) is 2.95. The first-order chi connectivity index (χ1) is 10.7. The van der Waals surface area contributed by atoms with Crippen LogP contribution in [0.1, 0.15) is 73.6 Å². The third kappa shape index (κ3) is 9.26. The van der Waals surface area contributed by atoms with E-state index < -0.39 is 6.10 Å². The van der Waals surface area contributed by atoms with Crippen molar-refractivity contribution < 1.29 is 14.6 Å². The van der Waals surface area contributed by atoms with E-state index in [9.17, 15) is 9.90 Å². The van der Waals surface area contributed by atoms with E-state index in [4.69, 9.17) is 4.74 Å². The van der Waals surface area contributed by atoms with Crippen LogP contribution in [0.5, 0.6) is 0 Å². The summed E-state index contributed by atoms with van der Waals surface area (Å²) in [4.78, 5) is 12.4. The van der Waals surface area contributed by atoms with Crippen LogP contribution < -0.4 is 0 Å². The zero-order valence-electron chi connectivity index (χ0n) is 16.3. The van der Waals surface area contributed by atoms with E-state index in [1.54, 1.807) is 7.11 Å². The number of Topliss-reactive ketones (excluding diaryl/α,β-unsaturated/α-hetero) is 1. The van der Waals surface area contributed by atoms with E-state index in [1.165, 1.54) is 5.57 Å². The van der Waals surface area contributed by atoms with Crippen molar-refractivity contribution in [2.45, 2.75) is 85.9 Å². The van der Waals surface area contributed by atoms with Crippen molar-refractivity contribution in [1.82, 2.24) is 0 Å². The molecule has 0 unspecified atom stereocenters. The van der Waals surface area contributed by atoms with Crippen molar-refractivity contribution in [3.8, 4) is 0 Å².